The first-order valence-corrected chi connectivity index (χ1v) is 2.43. The SMILES string of the molecule is O.O=C([O-])c1ccccn1.[Na+]. The number of carboxylic acid groups (broad SMARTS) is 1. The molecule has 0 amide bonds. The third-order valence-corrected chi connectivity index (χ3v) is 0.874. The number of nitrogens with zero attached hydrogens (tertiary/aromatic N) is 1. The molecule has 0 saturated heterocycles. The van der Waals surface area contributed by atoms with Crippen LogP contribution < -0.4 is 34.7 Å². The molecule has 0 bridgehead atoms. The van der Waals surface area contributed by atoms with Gasteiger partial charge in [0.05, 0.1) is 11.7 Å². The van der Waals surface area contributed by atoms with Crippen LogP contribution in [0.5, 0.6) is 0 Å². The Morgan fingerprint density at radius 3 is 2.36 bits per heavy atom. The molecule has 1 aromatic rings. The zero-order chi connectivity index (χ0) is 6.69. The van der Waals surface area contributed by atoms with E-state index in [1.807, 2.05) is 0 Å². The Balaban J connectivity index is 0. The van der Waals surface area contributed by atoms with Gasteiger partial charge in [0.2, 0.25) is 0 Å². The number of pyridine rings is 1. The minimum Gasteiger partial charge on any atom is -0.543 e. The number of rotatable bonds is 1. The van der Waals surface area contributed by atoms with Gasteiger partial charge in [0.1, 0.15) is 0 Å². The van der Waals surface area contributed by atoms with Crippen molar-refractivity contribution < 1.29 is 44.9 Å². The Hall–Kier alpha value is -0.420. The second-order valence-corrected chi connectivity index (χ2v) is 1.50. The summed E-state index contributed by atoms with van der Waals surface area (Å²) in [5, 5.41) is 10.0. The average Bonchev–Trinajstić information content (AvgIpc) is 1.90. The summed E-state index contributed by atoms with van der Waals surface area (Å²) in [6.45, 7) is 0. The molecule has 2 N–H and O–H groups in total. The predicted molar refractivity (Wildman–Crippen MR) is 32.2 cm³/mol. The molecular weight excluding hydrogens is 157 g/mol. The Labute approximate surface area is 85.9 Å². The number of carbonyl (C=O) groups is 1. The fourth-order valence-electron chi connectivity index (χ4n) is 0.484. The van der Waals surface area contributed by atoms with E-state index in [-0.39, 0.29) is 40.7 Å². The molecule has 54 valence electrons. The van der Waals surface area contributed by atoms with Crippen molar-refractivity contribution in [3.8, 4) is 0 Å². The van der Waals surface area contributed by atoms with Crippen LogP contribution in [-0.2, 0) is 0 Å². The first kappa shape index (κ1) is 13.2. The number of hydrogen-bond acceptors (Lipinski definition) is 3. The molecule has 0 aliphatic carbocycles. The van der Waals surface area contributed by atoms with Gasteiger partial charge < -0.3 is 15.4 Å². The van der Waals surface area contributed by atoms with E-state index < -0.39 is 5.97 Å². The fraction of sp³-hybridized carbons (Fsp3) is 0. The normalized spacial score (nSPS) is 7.27. The Morgan fingerprint density at radius 2 is 2.09 bits per heavy atom. The molecule has 1 aromatic heterocycles. The quantitative estimate of drug-likeness (QED) is 0.392. The summed E-state index contributed by atoms with van der Waals surface area (Å²) in [7, 11) is 0. The van der Waals surface area contributed by atoms with Crippen molar-refractivity contribution >= 4 is 5.97 Å². The summed E-state index contributed by atoms with van der Waals surface area (Å²) < 4.78 is 0. The van der Waals surface area contributed by atoms with Crippen molar-refractivity contribution in [2.75, 3.05) is 0 Å². The monoisotopic (exact) mass is 163 g/mol. The smallest absolute Gasteiger partial charge is 0.543 e. The standard InChI is InChI=1S/C6H5NO2.Na.H2O/c8-6(9)5-3-1-2-4-7-5;;/h1-4H,(H,8,9);;1H2/q;+1;/p-1. The van der Waals surface area contributed by atoms with Crippen LogP contribution in [0.4, 0.5) is 0 Å². The van der Waals surface area contributed by atoms with E-state index in [0.29, 0.717) is 0 Å². The molecule has 0 fully saturated rings. The molecule has 0 unspecified atom stereocenters. The van der Waals surface area contributed by atoms with Crippen molar-refractivity contribution in [3.05, 3.63) is 30.1 Å². The van der Waals surface area contributed by atoms with Crippen LogP contribution in [0.3, 0.4) is 0 Å². The van der Waals surface area contributed by atoms with Crippen LogP contribution in [0.2, 0.25) is 0 Å². The third-order valence-electron chi connectivity index (χ3n) is 0.874. The second kappa shape index (κ2) is 6.30. The fourth-order valence-corrected chi connectivity index (χ4v) is 0.484. The van der Waals surface area contributed by atoms with Crippen LogP contribution in [-0.4, -0.2) is 16.4 Å². The van der Waals surface area contributed by atoms with Crippen molar-refractivity contribution in [2.24, 2.45) is 0 Å². The van der Waals surface area contributed by atoms with E-state index in [1.165, 1.54) is 12.3 Å². The van der Waals surface area contributed by atoms with Gasteiger partial charge in [-0.25, -0.2) is 0 Å². The second-order valence-electron chi connectivity index (χ2n) is 1.50. The number of hydrogen-bond donors (Lipinski definition) is 0. The molecule has 0 radical (unpaired) electrons. The summed E-state index contributed by atoms with van der Waals surface area (Å²) in [5.74, 6) is -1.24. The molecule has 1 heterocycles. The number of carboxylic acids is 1. The number of carbonyl (C=O) groups excluding carboxylic acids is 1. The van der Waals surface area contributed by atoms with Gasteiger partial charge in [-0.3, -0.25) is 4.98 Å². The first-order chi connectivity index (χ1) is 4.30. The van der Waals surface area contributed by atoms with E-state index in [2.05, 4.69) is 4.98 Å². The summed E-state index contributed by atoms with van der Waals surface area (Å²) >= 11 is 0. The molecule has 0 atom stereocenters. The van der Waals surface area contributed by atoms with Crippen molar-refractivity contribution in [2.45, 2.75) is 0 Å². The van der Waals surface area contributed by atoms with Gasteiger partial charge in [-0.1, -0.05) is 6.07 Å². The van der Waals surface area contributed by atoms with E-state index in [9.17, 15) is 9.90 Å². The molecule has 0 spiro atoms. The van der Waals surface area contributed by atoms with Crippen LogP contribution in [0.1, 0.15) is 10.5 Å². The van der Waals surface area contributed by atoms with Gasteiger partial charge in [0.25, 0.3) is 0 Å². The summed E-state index contributed by atoms with van der Waals surface area (Å²) in [5.41, 5.74) is -0.0301. The topological polar surface area (TPSA) is 84.5 Å². The molecule has 0 saturated carbocycles. The maximum Gasteiger partial charge on any atom is 1.00 e. The molecular formula is C6H6NNaO3. The van der Waals surface area contributed by atoms with Crippen molar-refractivity contribution in [1.82, 2.24) is 4.98 Å². The zero-order valence-electron chi connectivity index (χ0n) is 6.07. The number of aromatic nitrogens is 1. The van der Waals surface area contributed by atoms with Gasteiger partial charge in [0.15, 0.2) is 0 Å². The van der Waals surface area contributed by atoms with Gasteiger partial charge in [-0.15, -0.1) is 0 Å². The molecule has 1 rings (SSSR count). The molecule has 0 aromatic carbocycles. The molecule has 0 aliphatic heterocycles. The predicted octanol–water partition coefficient (Wildman–Crippen LogP) is -4.38. The summed E-state index contributed by atoms with van der Waals surface area (Å²) in [6, 6.07) is 4.62. The molecule has 5 heteroatoms. The van der Waals surface area contributed by atoms with Crippen LogP contribution in [0.15, 0.2) is 24.4 Å². The largest absolute Gasteiger partial charge is 1.00 e. The Bertz CT molecular complexity index is 214. The van der Waals surface area contributed by atoms with Gasteiger partial charge in [-0.2, -0.15) is 0 Å². The zero-order valence-corrected chi connectivity index (χ0v) is 8.07. The maximum absolute atomic E-state index is 10.0. The average molecular weight is 163 g/mol. The van der Waals surface area contributed by atoms with E-state index in [4.69, 9.17) is 0 Å². The summed E-state index contributed by atoms with van der Waals surface area (Å²) in [4.78, 5) is 13.5. The van der Waals surface area contributed by atoms with Crippen LogP contribution in [0.25, 0.3) is 0 Å². The van der Waals surface area contributed by atoms with Crippen LogP contribution >= 0.6 is 0 Å². The van der Waals surface area contributed by atoms with Crippen LogP contribution in [0, 0.1) is 0 Å². The van der Waals surface area contributed by atoms with E-state index in [1.54, 1.807) is 12.1 Å². The molecule has 0 aliphatic rings. The number of aromatic carboxylic acids is 1. The first-order valence-electron chi connectivity index (χ1n) is 2.43. The molecule has 4 nitrogen and oxygen atoms in total. The summed E-state index contributed by atoms with van der Waals surface area (Å²) in [6.07, 6.45) is 1.41. The van der Waals surface area contributed by atoms with E-state index >= 15 is 0 Å². The minimum atomic E-state index is -1.24. The minimum absolute atomic E-state index is 0. The van der Waals surface area contributed by atoms with E-state index in [0.717, 1.165) is 0 Å². The third kappa shape index (κ3) is 4.10. The van der Waals surface area contributed by atoms with Gasteiger partial charge in [0, 0.05) is 6.20 Å². The Morgan fingerprint density at radius 1 is 1.45 bits per heavy atom. The van der Waals surface area contributed by atoms with Gasteiger partial charge >= 0.3 is 29.6 Å². The molecule has 11 heavy (non-hydrogen) atoms. The maximum atomic E-state index is 10.0. The Kier molecular flexibility index (Phi) is 7.55. The van der Waals surface area contributed by atoms with Crippen molar-refractivity contribution in [3.63, 3.8) is 0 Å². The van der Waals surface area contributed by atoms with Gasteiger partial charge in [-0.05, 0) is 12.1 Å². The van der Waals surface area contributed by atoms with Crippen molar-refractivity contribution in [1.29, 1.82) is 0 Å².